The van der Waals surface area contributed by atoms with Crippen LogP contribution in [-0.4, -0.2) is 10.9 Å². The van der Waals surface area contributed by atoms with E-state index in [-0.39, 0.29) is 17.5 Å². The van der Waals surface area contributed by atoms with Crippen molar-refractivity contribution in [2.24, 2.45) is 0 Å². The van der Waals surface area contributed by atoms with E-state index in [2.05, 4.69) is 10.3 Å². The van der Waals surface area contributed by atoms with Crippen LogP contribution in [-0.2, 0) is 6.18 Å². The second-order valence-electron chi connectivity index (χ2n) is 6.46. The minimum absolute atomic E-state index is 0.151. The average molecular weight is 408 g/mol. The zero-order valence-corrected chi connectivity index (χ0v) is 15.5. The average Bonchev–Trinajstić information content (AvgIpc) is 3.22. The van der Waals surface area contributed by atoms with Gasteiger partial charge in [0, 0.05) is 22.4 Å². The van der Waals surface area contributed by atoms with Crippen molar-refractivity contribution < 1.29 is 22.4 Å². The Morgan fingerprint density at radius 2 is 1.40 bits per heavy atom. The molecule has 0 aliphatic carbocycles. The maximum absolute atomic E-state index is 13.5. The number of alkyl halides is 3. The Morgan fingerprint density at radius 1 is 0.800 bits per heavy atom. The lowest BCUT2D eigenvalue weighted by Crippen LogP contribution is -2.11. The van der Waals surface area contributed by atoms with Crippen LogP contribution in [0.5, 0.6) is 0 Å². The predicted molar refractivity (Wildman–Crippen MR) is 107 cm³/mol. The number of oxazole rings is 1. The molecule has 4 nitrogen and oxygen atoms in total. The summed E-state index contributed by atoms with van der Waals surface area (Å²) in [5.41, 5.74) is 1.40. The van der Waals surface area contributed by atoms with Crippen LogP contribution in [0.15, 0.2) is 89.3 Å². The Morgan fingerprint density at radius 3 is 2.00 bits per heavy atom. The largest absolute Gasteiger partial charge is 0.451 e. The molecule has 0 radical (unpaired) electrons. The minimum Gasteiger partial charge on any atom is -0.431 e. The molecule has 3 aromatic carbocycles. The van der Waals surface area contributed by atoms with Gasteiger partial charge in [0.25, 0.3) is 5.91 Å². The Labute approximate surface area is 170 Å². The van der Waals surface area contributed by atoms with Gasteiger partial charge in [-0.15, -0.1) is 0 Å². The smallest absolute Gasteiger partial charge is 0.431 e. The molecule has 0 bridgehead atoms. The molecule has 0 spiro atoms. The summed E-state index contributed by atoms with van der Waals surface area (Å²) >= 11 is 0. The van der Waals surface area contributed by atoms with Gasteiger partial charge in [-0.05, 0) is 36.4 Å². The summed E-state index contributed by atoms with van der Waals surface area (Å²) < 4.78 is 45.4. The van der Waals surface area contributed by atoms with Crippen LogP contribution in [0.3, 0.4) is 0 Å². The number of amides is 1. The number of carbonyl (C=O) groups is 1. The van der Waals surface area contributed by atoms with E-state index in [1.807, 2.05) is 0 Å². The van der Waals surface area contributed by atoms with Crippen LogP contribution >= 0.6 is 0 Å². The fourth-order valence-electron chi connectivity index (χ4n) is 2.92. The number of hydrogen-bond acceptors (Lipinski definition) is 3. The number of carbonyl (C=O) groups excluding carboxylic acids is 1. The molecule has 1 amide bonds. The normalized spacial score (nSPS) is 11.3. The molecule has 0 aliphatic rings. The number of nitrogens with one attached hydrogen (secondary N) is 1. The van der Waals surface area contributed by atoms with E-state index in [1.165, 1.54) is 0 Å². The second-order valence-corrected chi connectivity index (χ2v) is 6.46. The SMILES string of the molecule is O=C(Nc1ccc(-c2nc(-c3ccccc3)c(C(F)(F)F)o2)cc1)c1ccccc1. The Hall–Kier alpha value is -3.87. The Balaban J connectivity index is 1.62. The van der Waals surface area contributed by atoms with Gasteiger partial charge in [0.05, 0.1) is 0 Å². The van der Waals surface area contributed by atoms with E-state index in [9.17, 15) is 18.0 Å². The Bertz CT molecular complexity index is 1150. The van der Waals surface area contributed by atoms with Gasteiger partial charge in [0.15, 0.2) is 0 Å². The van der Waals surface area contributed by atoms with E-state index in [0.29, 0.717) is 22.4 Å². The van der Waals surface area contributed by atoms with E-state index < -0.39 is 11.9 Å². The highest BCUT2D eigenvalue weighted by atomic mass is 19.4. The van der Waals surface area contributed by atoms with Crippen molar-refractivity contribution in [1.82, 2.24) is 4.98 Å². The summed E-state index contributed by atoms with van der Waals surface area (Å²) in [5.74, 6) is -1.59. The van der Waals surface area contributed by atoms with Crippen molar-refractivity contribution in [3.05, 3.63) is 96.3 Å². The lowest BCUT2D eigenvalue weighted by Gasteiger charge is -2.05. The topological polar surface area (TPSA) is 55.1 Å². The van der Waals surface area contributed by atoms with Crippen LogP contribution in [0.2, 0.25) is 0 Å². The number of aromatic nitrogens is 1. The number of hydrogen-bond donors (Lipinski definition) is 1. The maximum atomic E-state index is 13.5. The standard InChI is InChI=1S/C23H15F3N2O2/c24-23(25,26)20-19(15-7-3-1-4-8-15)28-22(30-20)17-11-13-18(14-12-17)27-21(29)16-9-5-2-6-10-16/h1-14H,(H,27,29). The van der Waals surface area contributed by atoms with Gasteiger partial charge < -0.3 is 9.73 Å². The predicted octanol–water partition coefficient (Wildman–Crippen LogP) is 6.28. The summed E-state index contributed by atoms with van der Waals surface area (Å²) in [6.45, 7) is 0. The molecule has 1 N–H and O–H groups in total. The molecule has 4 rings (SSSR count). The van der Waals surface area contributed by atoms with Crippen LogP contribution in [0.25, 0.3) is 22.7 Å². The third-order valence-electron chi connectivity index (χ3n) is 4.36. The van der Waals surface area contributed by atoms with Gasteiger partial charge in [0.1, 0.15) is 5.69 Å². The molecular weight excluding hydrogens is 393 g/mol. The number of benzene rings is 3. The van der Waals surface area contributed by atoms with E-state index in [1.54, 1.807) is 84.9 Å². The third kappa shape index (κ3) is 4.10. The molecule has 0 atom stereocenters. The summed E-state index contributed by atoms with van der Waals surface area (Å²) in [4.78, 5) is 16.3. The first kappa shape index (κ1) is 19.4. The van der Waals surface area contributed by atoms with Gasteiger partial charge in [-0.1, -0.05) is 48.5 Å². The van der Waals surface area contributed by atoms with Gasteiger partial charge in [0.2, 0.25) is 11.7 Å². The number of rotatable bonds is 4. The van der Waals surface area contributed by atoms with Gasteiger partial charge in [-0.3, -0.25) is 4.79 Å². The highest BCUT2D eigenvalue weighted by molar-refractivity contribution is 6.04. The summed E-state index contributed by atoms with van der Waals surface area (Å²) in [6.07, 6.45) is -4.68. The molecule has 7 heteroatoms. The molecule has 0 saturated heterocycles. The minimum atomic E-state index is -4.68. The van der Waals surface area contributed by atoms with Gasteiger partial charge in [-0.25, -0.2) is 4.98 Å². The molecule has 0 aliphatic heterocycles. The van der Waals surface area contributed by atoms with Gasteiger partial charge in [-0.2, -0.15) is 13.2 Å². The first-order valence-electron chi connectivity index (χ1n) is 9.02. The van der Waals surface area contributed by atoms with Crippen LogP contribution in [0.4, 0.5) is 18.9 Å². The van der Waals surface area contributed by atoms with Crippen molar-refractivity contribution in [3.63, 3.8) is 0 Å². The molecule has 4 aromatic rings. The monoisotopic (exact) mass is 408 g/mol. The zero-order chi connectivity index (χ0) is 21.1. The third-order valence-corrected chi connectivity index (χ3v) is 4.36. The van der Waals surface area contributed by atoms with E-state index in [4.69, 9.17) is 4.42 Å². The van der Waals surface area contributed by atoms with Crippen molar-refractivity contribution in [2.45, 2.75) is 6.18 Å². The Kier molecular flexibility index (Phi) is 5.10. The zero-order valence-electron chi connectivity index (χ0n) is 15.5. The van der Waals surface area contributed by atoms with Crippen molar-refractivity contribution in [3.8, 4) is 22.7 Å². The van der Waals surface area contributed by atoms with Crippen LogP contribution < -0.4 is 5.32 Å². The highest BCUT2D eigenvalue weighted by Gasteiger charge is 2.40. The summed E-state index contributed by atoms with van der Waals surface area (Å²) in [7, 11) is 0. The fraction of sp³-hybridized carbons (Fsp3) is 0.0435. The number of halogens is 3. The lowest BCUT2D eigenvalue weighted by atomic mass is 10.1. The number of anilines is 1. The van der Waals surface area contributed by atoms with Crippen molar-refractivity contribution >= 4 is 11.6 Å². The first-order valence-corrected chi connectivity index (χ1v) is 9.02. The first-order chi connectivity index (χ1) is 14.4. The molecule has 150 valence electrons. The molecule has 1 heterocycles. The number of nitrogens with zero attached hydrogens (tertiary/aromatic N) is 1. The molecular formula is C23H15F3N2O2. The fourth-order valence-corrected chi connectivity index (χ4v) is 2.92. The molecule has 0 unspecified atom stereocenters. The molecule has 0 saturated carbocycles. The molecule has 0 fully saturated rings. The molecule has 30 heavy (non-hydrogen) atoms. The highest BCUT2D eigenvalue weighted by Crippen LogP contribution is 2.39. The summed E-state index contributed by atoms with van der Waals surface area (Å²) in [5, 5.41) is 2.73. The van der Waals surface area contributed by atoms with Gasteiger partial charge >= 0.3 is 6.18 Å². The molecule has 1 aromatic heterocycles. The summed E-state index contributed by atoms with van der Waals surface area (Å²) in [6, 6.07) is 23.0. The van der Waals surface area contributed by atoms with Crippen molar-refractivity contribution in [2.75, 3.05) is 5.32 Å². The lowest BCUT2D eigenvalue weighted by molar-refractivity contribution is -0.152. The van der Waals surface area contributed by atoms with E-state index in [0.717, 1.165) is 0 Å². The van der Waals surface area contributed by atoms with Crippen LogP contribution in [0, 0.1) is 0 Å². The van der Waals surface area contributed by atoms with E-state index >= 15 is 0 Å². The maximum Gasteiger partial charge on any atom is 0.451 e. The quantitative estimate of drug-likeness (QED) is 0.432. The van der Waals surface area contributed by atoms with Crippen LogP contribution in [0.1, 0.15) is 16.1 Å². The second kappa shape index (κ2) is 7.87. The van der Waals surface area contributed by atoms with Crippen molar-refractivity contribution in [1.29, 1.82) is 0 Å².